The van der Waals surface area contributed by atoms with Crippen molar-refractivity contribution in [2.24, 2.45) is 0 Å². The van der Waals surface area contributed by atoms with Crippen LogP contribution in [0.2, 0.25) is 0 Å². The van der Waals surface area contributed by atoms with E-state index in [1.165, 1.54) is 12.8 Å². The van der Waals surface area contributed by atoms with Crippen molar-refractivity contribution in [2.45, 2.75) is 63.7 Å². The minimum atomic E-state index is -1.03. The number of benzene rings is 2. The normalized spacial score (nSPS) is 18.0. The molecule has 2 fully saturated rings. The molecular formula is C27H35NO6. The molecule has 2 aromatic carbocycles. The van der Waals surface area contributed by atoms with Gasteiger partial charge in [0, 0.05) is 37.8 Å². The Morgan fingerprint density at radius 1 is 1.09 bits per heavy atom. The molecule has 7 heteroatoms. The van der Waals surface area contributed by atoms with Gasteiger partial charge in [-0.3, -0.25) is 0 Å². The molecule has 34 heavy (non-hydrogen) atoms. The third-order valence-corrected chi connectivity index (χ3v) is 7.10. The van der Waals surface area contributed by atoms with Crippen LogP contribution in [0.25, 0.3) is 11.1 Å². The highest BCUT2D eigenvalue weighted by Gasteiger charge is 2.40. The summed E-state index contributed by atoms with van der Waals surface area (Å²) >= 11 is 0. The van der Waals surface area contributed by atoms with E-state index in [-0.39, 0.29) is 6.10 Å². The van der Waals surface area contributed by atoms with E-state index in [4.69, 9.17) is 18.9 Å². The van der Waals surface area contributed by atoms with Crippen molar-refractivity contribution in [3.05, 3.63) is 41.5 Å². The first-order valence-electron chi connectivity index (χ1n) is 12.0. The predicted octanol–water partition coefficient (Wildman–Crippen LogP) is 5.18. The van der Waals surface area contributed by atoms with E-state index in [9.17, 15) is 9.90 Å². The summed E-state index contributed by atoms with van der Waals surface area (Å²) in [6, 6.07) is 9.89. The highest BCUT2D eigenvalue weighted by Crippen LogP contribution is 2.38. The van der Waals surface area contributed by atoms with Gasteiger partial charge in [-0.25, -0.2) is 4.79 Å². The van der Waals surface area contributed by atoms with Crippen LogP contribution in [-0.4, -0.2) is 50.2 Å². The van der Waals surface area contributed by atoms with Crippen LogP contribution in [-0.2, 0) is 20.9 Å². The van der Waals surface area contributed by atoms with Gasteiger partial charge in [-0.05, 0) is 60.2 Å². The van der Waals surface area contributed by atoms with Gasteiger partial charge in [-0.1, -0.05) is 18.9 Å². The van der Waals surface area contributed by atoms with Crippen molar-refractivity contribution in [2.75, 3.05) is 32.8 Å². The van der Waals surface area contributed by atoms with Gasteiger partial charge in [0.05, 0.1) is 26.9 Å². The number of carboxylic acid groups (broad SMARTS) is 1. The van der Waals surface area contributed by atoms with Gasteiger partial charge >= 0.3 is 5.97 Å². The van der Waals surface area contributed by atoms with Gasteiger partial charge in [-0.2, -0.15) is 0 Å². The molecule has 0 radical (unpaired) electrons. The minimum absolute atomic E-state index is 0.270. The quantitative estimate of drug-likeness (QED) is 0.523. The first-order chi connectivity index (χ1) is 16.5. The maximum Gasteiger partial charge on any atom is 0.329 e. The molecule has 7 nitrogen and oxygen atoms in total. The molecule has 0 atom stereocenters. The number of aliphatic carboxylic acids is 1. The summed E-state index contributed by atoms with van der Waals surface area (Å²) in [6.45, 7) is 3.34. The fourth-order valence-electron chi connectivity index (χ4n) is 4.98. The Balaban J connectivity index is 1.72. The lowest BCUT2D eigenvalue weighted by Crippen LogP contribution is -2.50. The monoisotopic (exact) mass is 469 g/mol. The second-order valence-electron chi connectivity index (χ2n) is 9.22. The van der Waals surface area contributed by atoms with Crippen LogP contribution < -0.4 is 14.8 Å². The topological polar surface area (TPSA) is 86.3 Å². The van der Waals surface area contributed by atoms with Crippen molar-refractivity contribution in [3.8, 4) is 22.6 Å². The molecule has 1 saturated heterocycles. The second kappa shape index (κ2) is 10.7. The lowest BCUT2D eigenvalue weighted by atomic mass is 9.89. The molecule has 2 aromatic rings. The van der Waals surface area contributed by atoms with Crippen LogP contribution in [0, 0.1) is 6.92 Å². The molecule has 184 valence electrons. The first-order valence-corrected chi connectivity index (χ1v) is 12.0. The zero-order valence-corrected chi connectivity index (χ0v) is 20.3. The van der Waals surface area contributed by atoms with Gasteiger partial charge in [0.2, 0.25) is 0 Å². The first kappa shape index (κ1) is 24.4. The van der Waals surface area contributed by atoms with Crippen molar-refractivity contribution >= 4 is 11.7 Å². The number of hydrogen-bond donors (Lipinski definition) is 2. The van der Waals surface area contributed by atoms with E-state index in [1.807, 2.05) is 37.3 Å². The number of nitrogens with one attached hydrogen (secondary N) is 1. The van der Waals surface area contributed by atoms with E-state index in [1.54, 1.807) is 14.2 Å². The Bertz CT molecular complexity index is 1010. The Morgan fingerprint density at radius 3 is 2.47 bits per heavy atom. The molecular weight excluding hydrogens is 434 g/mol. The average Bonchev–Trinajstić information content (AvgIpc) is 3.37. The summed E-state index contributed by atoms with van der Waals surface area (Å²) in [6.07, 6.45) is 5.69. The molecule has 0 spiro atoms. The Kier molecular flexibility index (Phi) is 7.63. The molecule has 1 heterocycles. The fourth-order valence-corrected chi connectivity index (χ4v) is 4.98. The fraction of sp³-hybridized carbons (Fsp3) is 0.519. The summed E-state index contributed by atoms with van der Waals surface area (Å²) in [4.78, 5) is 12.2. The lowest BCUT2D eigenvalue weighted by molar-refractivity contribution is -0.145. The van der Waals surface area contributed by atoms with Crippen molar-refractivity contribution in [3.63, 3.8) is 0 Å². The molecule has 4 rings (SSSR count). The van der Waals surface area contributed by atoms with Crippen LogP contribution in [0.15, 0.2) is 30.3 Å². The van der Waals surface area contributed by atoms with Gasteiger partial charge in [-0.15, -0.1) is 0 Å². The zero-order valence-electron chi connectivity index (χ0n) is 20.3. The second-order valence-corrected chi connectivity index (χ2v) is 9.22. The third kappa shape index (κ3) is 5.15. The predicted molar refractivity (Wildman–Crippen MR) is 131 cm³/mol. The summed E-state index contributed by atoms with van der Waals surface area (Å²) in [7, 11) is 3.30. The van der Waals surface area contributed by atoms with E-state index in [0.29, 0.717) is 38.4 Å². The smallest absolute Gasteiger partial charge is 0.329 e. The van der Waals surface area contributed by atoms with Crippen LogP contribution in [0.5, 0.6) is 11.5 Å². The maximum absolute atomic E-state index is 12.2. The molecule has 2 N–H and O–H groups in total. The maximum atomic E-state index is 12.2. The molecule has 1 aliphatic heterocycles. The summed E-state index contributed by atoms with van der Waals surface area (Å²) in [5.74, 6) is 0.623. The summed E-state index contributed by atoms with van der Waals surface area (Å²) < 4.78 is 22.8. The van der Waals surface area contributed by atoms with Gasteiger partial charge in [0.1, 0.15) is 17.0 Å². The van der Waals surface area contributed by atoms with Crippen LogP contribution in [0.1, 0.15) is 49.7 Å². The van der Waals surface area contributed by atoms with E-state index < -0.39 is 11.5 Å². The Labute approximate surface area is 201 Å². The highest BCUT2D eigenvalue weighted by molar-refractivity contribution is 5.84. The standard InChI is InChI=1S/C27H35NO6/c1-18-24(15-22(31-2)16-25(18)32-3)23-9-8-20(14-19(23)17-34-21-6-4-5-7-21)28-27(26(29)30)10-12-33-13-11-27/h8-9,14-16,21,28H,4-7,10-13,17H2,1-3H3,(H,29,30). The number of carboxylic acids is 1. The van der Waals surface area contributed by atoms with E-state index in [0.717, 1.165) is 46.5 Å². The van der Waals surface area contributed by atoms with Crippen molar-refractivity contribution in [1.82, 2.24) is 0 Å². The molecule has 0 amide bonds. The molecule has 0 aromatic heterocycles. The molecule has 2 aliphatic rings. The van der Waals surface area contributed by atoms with Crippen molar-refractivity contribution < 1.29 is 28.8 Å². The lowest BCUT2D eigenvalue weighted by Gasteiger charge is -2.35. The van der Waals surface area contributed by atoms with Crippen molar-refractivity contribution in [1.29, 1.82) is 0 Å². The molecule has 1 saturated carbocycles. The molecule has 0 unspecified atom stereocenters. The van der Waals surface area contributed by atoms with Gasteiger partial charge < -0.3 is 29.4 Å². The SMILES string of the molecule is COc1cc(OC)c(C)c(-c2ccc(NC3(C(=O)O)CCOCC3)cc2COC2CCCC2)c1. The number of rotatable bonds is 9. The molecule has 0 bridgehead atoms. The van der Waals surface area contributed by atoms with Crippen LogP contribution in [0.4, 0.5) is 5.69 Å². The largest absolute Gasteiger partial charge is 0.497 e. The van der Waals surface area contributed by atoms with Crippen LogP contribution in [0.3, 0.4) is 0 Å². The number of methoxy groups -OCH3 is 2. The highest BCUT2D eigenvalue weighted by atomic mass is 16.5. The Hall–Kier alpha value is -2.77. The number of hydrogen-bond acceptors (Lipinski definition) is 6. The minimum Gasteiger partial charge on any atom is -0.497 e. The van der Waals surface area contributed by atoms with Crippen LogP contribution >= 0.6 is 0 Å². The number of anilines is 1. The van der Waals surface area contributed by atoms with Gasteiger partial charge in [0.15, 0.2) is 0 Å². The summed E-state index contributed by atoms with van der Waals surface area (Å²) in [5.41, 5.74) is 3.78. The zero-order chi connectivity index (χ0) is 24.1. The van der Waals surface area contributed by atoms with E-state index >= 15 is 0 Å². The average molecular weight is 470 g/mol. The Morgan fingerprint density at radius 2 is 1.82 bits per heavy atom. The summed E-state index contributed by atoms with van der Waals surface area (Å²) in [5, 5.41) is 13.3. The molecule has 1 aliphatic carbocycles. The number of carbonyl (C=O) groups is 1. The van der Waals surface area contributed by atoms with Gasteiger partial charge in [0.25, 0.3) is 0 Å². The number of ether oxygens (including phenoxy) is 4. The third-order valence-electron chi connectivity index (χ3n) is 7.10. The van der Waals surface area contributed by atoms with E-state index in [2.05, 4.69) is 5.32 Å².